The first kappa shape index (κ1) is 14.6. The van der Waals surface area contributed by atoms with Gasteiger partial charge in [0.05, 0.1) is 0 Å². The van der Waals surface area contributed by atoms with Crippen molar-refractivity contribution in [3.63, 3.8) is 0 Å². The minimum absolute atomic E-state index is 0.308. The smallest absolute Gasteiger partial charge is 0.0192 e. The van der Waals surface area contributed by atoms with E-state index in [0.29, 0.717) is 11.5 Å². The molecule has 0 saturated heterocycles. The van der Waals surface area contributed by atoms with Crippen molar-refractivity contribution in [1.29, 1.82) is 0 Å². The van der Waals surface area contributed by atoms with Crippen LogP contribution in [-0.2, 0) is 5.41 Å². The van der Waals surface area contributed by atoms with Gasteiger partial charge in [-0.3, -0.25) is 0 Å². The van der Waals surface area contributed by atoms with Crippen LogP contribution in [0.25, 0.3) is 0 Å². The van der Waals surface area contributed by atoms with Gasteiger partial charge in [0.1, 0.15) is 0 Å². The zero-order chi connectivity index (χ0) is 13.7. The highest BCUT2D eigenvalue weighted by Gasteiger charge is 2.42. The van der Waals surface area contributed by atoms with E-state index < -0.39 is 0 Å². The van der Waals surface area contributed by atoms with Gasteiger partial charge < -0.3 is 5.32 Å². The first-order chi connectivity index (χ1) is 9.28. The monoisotopic (exact) mass is 259 g/mol. The van der Waals surface area contributed by atoms with Crippen LogP contribution in [-0.4, -0.2) is 12.6 Å². The van der Waals surface area contributed by atoms with Crippen LogP contribution in [0.2, 0.25) is 0 Å². The fourth-order valence-corrected chi connectivity index (χ4v) is 3.85. The molecule has 0 radical (unpaired) electrons. The van der Waals surface area contributed by atoms with E-state index in [9.17, 15) is 0 Å². The molecule has 2 rings (SSSR count). The summed E-state index contributed by atoms with van der Waals surface area (Å²) < 4.78 is 0. The molecule has 1 nitrogen and oxygen atoms in total. The molecule has 1 fully saturated rings. The number of nitrogens with one attached hydrogen (secondary N) is 1. The van der Waals surface area contributed by atoms with Gasteiger partial charge in [-0.2, -0.15) is 0 Å². The Morgan fingerprint density at radius 2 is 1.74 bits per heavy atom. The Bertz CT molecular complexity index is 363. The summed E-state index contributed by atoms with van der Waals surface area (Å²) in [6, 6.07) is 11.8. The summed E-state index contributed by atoms with van der Waals surface area (Å²) in [5, 5.41) is 3.83. The van der Waals surface area contributed by atoms with Gasteiger partial charge in [0.15, 0.2) is 0 Å². The van der Waals surface area contributed by atoms with Crippen LogP contribution in [0, 0.1) is 5.92 Å². The highest BCUT2D eigenvalue weighted by molar-refractivity contribution is 5.28. The standard InChI is InChI=1S/C18H29N/c1-4-18(5-2,16-13-8-7-9-14-16)17(19-6-3)15-11-10-12-15/h7-9,13-15,17,19H,4-6,10-12H2,1-3H3. The number of hydrogen-bond acceptors (Lipinski definition) is 1. The Kier molecular flexibility index (Phi) is 5.04. The van der Waals surface area contributed by atoms with E-state index in [-0.39, 0.29) is 0 Å². The second kappa shape index (κ2) is 6.56. The van der Waals surface area contributed by atoms with E-state index in [0.717, 1.165) is 12.5 Å². The van der Waals surface area contributed by atoms with Crippen LogP contribution in [0.1, 0.15) is 58.4 Å². The molecule has 0 spiro atoms. The predicted molar refractivity (Wildman–Crippen MR) is 83.5 cm³/mol. The molecule has 1 saturated carbocycles. The van der Waals surface area contributed by atoms with E-state index in [1.165, 1.54) is 37.7 Å². The van der Waals surface area contributed by atoms with Crippen LogP contribution >= 0.6 is 0 Å². The lowest BCUT2D eigenvalue weighted by atomic mass is 9.62. The third kappa shape index (κ3) is 2.72. The highest BCUT2D eigenvalue weighted by atomic mass is 14.9. The first-order valence-corrected chi connectivity index (χ1v) is 8.07. The van der Waals surface area contributed by atoms with Gasteiger partial charge in [-0.25, -0.2) is 0 Å². The highest BCUT2D eigenvalue weighted by Crippen LogP contribution is 2.43. The molecule has 1 heteroatoms. The summed E-state index contributed by atoms with van der Waals surface area (Å²) in [5.41, 5.74) is 1.83. The fourth-order valence-electron chi connectivity index (χ4n) is 3.85. The second-order valence-corrected chi connectivity index (χ2v) is 5.96. The molecule has 1 N–H and O–H groups in total. The maximum atomic E-state index is 3.83. The molecule has 106 valence electrons. The van der Waals surface area contributed by atoms with E-state index in [4.69, 9.17) is 0 Å². The quantitative estimate of drug-likeness (QED) is 0.759. The van der Waals surface area contributed by atoms with Crippen LogP contribution in [0.4, 0.5) is 0 Å². The molecule has 1 aliphatic rings. The van der Waals surface area contributed by atoms with Crippen molar-refractivity contribution in [1.82, 2.24) is 5.32 Å². The zero-order valence-electron chi connectivity index (χ0n) is 12.8. The van der Waals surface area contributed by atoms with Gasteiger partial charge in [-0.05, 0) is 43.7 Å². The predicted octanol–water partition coefficient (Wildman–Crippen LogP) is 4.52. The van der Waals surface area contributed by atoms with Gasteiger partial charge in [0.25, 0.3) is 0 Å². The van der Waals surface area contributed by atoms with Crippen molar-refractivity contribution in [3.05, 3.63) is 35.9 Å². The molecular weight excluding hydrogens is 230 g/mol. The molecule has 1 aliphatic carbocycles. The second-order valence-electron chi connectivity index (χ2n) is 5.96. The van der Waals surface area contributed by atoms with Crippen molar-refractivity contribution in [2.24, 2.45) is 5.92 Å². The van der Waals surface area contributed by atoms with Crippen LogP contribution in [0.3, 0.4) is 0 Å². The fraction of sp³-hybridized carbons (Fsp3) is 0.667. The lowest BCUT2D eigenvalue weighted by Gasteiger charge is -2.47. The third-order valence-electron chi connectivity index (χ3n) is 5.25. The SMILES string of the molecule is CCNC(C1CCC1)C(CC)(CC)c1ccccc1. The minimum Gasteiger partial charge on any atom is -0.313 e. The molecule has 0 bridgehead atoms. The lowest BCUT2D eigenvalue weighted by Crippen LogP contribution is -2.54. The van der Waals surface area contributed by atoms with Gasteiger partial charge >= 0.3 is 0 Å². The number of rotatable bonds is 7. The number of benzene rings is 1. The maximum absolute atomic E-state index is 3.83. The minimum atomic E-state index is 0.308. The Balaban J connectivity index is 2.35. The van der Waals surface area contributed by atoms with Crippen LogP contribution in [0.15, 0.2) is 30.3 Å². The lowest BCUT2D eigenvalue weighted by molar-refractivity contribution is 0.139. The van der Waals surface area contributed by atoms with E-state index in [1.54, 1.807) is 0 Å². The number of likely N-dealkylation sites (N-methyl/N-ethyl adjacent to an activating group) is 1. The van der Waals surface area contributed by atoms with Gasteiger partial charge in [0.2, 0.25) is 0 Å². The Labute approximate surface area is 118 Å². The van der Waals surface area contributed by atoms with E-state index >= 15 is 0 Å². The summed E-state index contributed by atoms with van der Waals surface area (Å²) in [6.45, 7) is 8.04. The average Bonchev–Trinajstić information content (AvgIpc) is 2.40. The third-order valence-corrected chi connectivity index (χ3v) is 5.25. The summed E-state index contributed by atoms with van der Waals surface area (Å²) in [6.07, 6.45) is 6.69. The van der Waals surface area contributed by atoms with E-state index in [1.807, 2.05) is 0 Å². The summed E-state index contributed by atoms with van der Waals surface area (Å²) in [4.78, 5) is 0. The Morgan fingerprint density at radius 3 is 2.16 bits per heavy atom. The zero-order valence-corrected chi connectivity index (χ0v) is 12.8. The normalized spacial score (nSPS) is 18.1. The summed E-state index contributed by atoms with van der Waals surface area (Å²) in [5.74, 6) is 0.875. The van der Waals surface area contributed by atoms with Crippen molar-refractivity contribution in [2.45, 2.75) is 64.3 Å². The molecule has 1 aromatic carbocycles. The summed E-state index contributed by atoms with van der Waals surface area (Å²) >= 11 is 0. The molecule has 0 aromatic heterocycles. The van der Waals surface area contributed by atoms with Crippen molar-refractivity contribution < 1.29 is 0 Å². The Hall–Kier alpha value is -0.820. The van der Waals surface area contributed by atoms with Gasteiger partial charge in [0, 0.05) is 11.5 Å². The molecule has 1 atom stereocenters. The van der Waals surface area contributed by atoms with Crippen LogP contribution in [0.5, 0.6) is 0 Å². The van der Waals surface area contributed by atoms with Crippen molar-refractivity contribution in [2.75, 3.05) is 6.54 Å². The molecule has 0 aliphatic heterocycles. The molecule has 19 heavy (non-hydrogen) atoms. The van der Waals surface area contributed by atoms with Crippen LogP contribution < -0.4 is 5.32 Å². The molecular formula is C18H29N. The molecule has 1 unspecified atom stereocenters. The van der Waals surface area contributed by atoms with Crippen molar-refractivity contribution in [3.8, 4) is 0 Å². The molecule has 1 aromatic rings. The molecule has 0 heterocycles. The van der Waals surface area contributed by atoms with Crippen molar-refractivity contribution >= 4 is 0 Å². The Morgan fingerprint density at radius 1 is 1.11 bits per heavy atom. The average molecular weight is 259 g/mol. The summed E-state index contributed by atoms with van der Waals surface area (Å²) in [7, 11) is 0. The van der Waals surface area contributed by atoms with Gasteiger partial charge in [-0.1, -0.05) is 57.5 Å². The molecule has 0 amide bonds. The van der Waals surface area contributed by atoms with Gasteiger partial charge in [-0.15, -0.1) is 0 Å². The topological polar surface area (TPSA) is 12.0 Å². The largest absolute Gasteiger partial charge is 0.313 e. The van der Waals surface area contributed by atoms with E-state index in [2.05, 4.69) is 56.4 Å². The number of hydrogen-bond donors (Lipinski definition) is 1. The first-order valence-electron chi connectivity index (χ1n) is 8.07. The maximum Gasteiger partial charge on any atom is 0.0192 e.